The van der Waals surface area contributed by atoms with E-state index in [9.17, 15) is 8.42 Å². The van der Waals surface area contributed by atoms with Crippen LogP contribution >= 0.6 is 0 Å². The first-order valence-corrected chi connectivity index (χ1v) is 10.3. The van der Waals surface area contributed by atoms with Crippen molar-refractivity contribution in [3.05, 3.63) is 54.1 Å². The second-order valence-corrected chi connectivity index (χ2v) is 9.07. The normalized spacial score (nSPS) is 23.2. The number of rotatable bonds is 3. The summed E-state index contributed by atoms with van der Waals surface area (Å²) in [4.78, 5) is 3.10. The Morgan fingerprint density at radius 1 is 1.08 bits per heavy atom. The molecule has 2 aliphatic rings. The number of fused-ring (bicyclic) bond motifs is 3. The zero-order chi connectivity index (χ0) is 17.6. The second-order valence-electron chi connectivity index (χ2n) is 7.12. The molecule has 0 N–H and O–H groups in total. The van der Waals surface area contributed by atoms with Gasteiger partial charge in [-0.1, -0.05) is 24.3 Å². The van der Waals surface area contributed by atoms with Crippen molar-refractivity contribution in [2.45, 2.75) is 48.1 Å². The first-order chi connectivity index (χ1) is 12.0. The van der Waals surface area contributed by atoms with Gasteiger partial charge in [0.2, 0.25) is 9.84 Å². The third kappa shape index (κ3) is 2.75. The van der Waals surface area contributed by atoms with Gasteiger partial charge in [0.25, 0.3) is 0 Å². The number of hydrogen-bond acceptors (Lipinski definition) is 4. The standard InChI is InChI=1S/C20H23NO3S/c1-14(2)21-11-10-17-18-9-8-16(12-20(18)24-13-19(17)21)25(22,23)15-6-4-3-5-7-15/h3-9,12,14,17,19H,10-11,13H2,1-2H3. The minimum Gasteiger partial charge on any atom is -0.492 e. The number of hydrogen-bond donors (Lipinski definition) is 0. The summed E-state index contributed by atoms with van der Waals surface area (Å²) in [6, 6.07) is 14.8. The molecule has 5 heteroatoms. The maximum absolute atomic E-state index is 12.8. The van der Waals surface area contributed by atoms with Gasteiger partial charge in [0.15, 0.2) is 0 Å². The van der Waals surface area contributed by atoms with Crippen molar-refractivity contribution >= 4 is 9.84 Å². The summed E-state index contributed by atoms with van der Waals surface area (Å²) in [7, 11) is -3.51. The number of ether oxygens (including phenoxy) is 1. The highest BCUT2D eigenvalue weighted by Gasteiger charge is 2.41. The molecule has 0 aliphatic carbocycles. The van der Waals surface area contributed by atoms with Crippen LogP contribution in [0.25, 0.3) is 0 Å². The van der Waals surface area contributed by atoms with Gasteiger partial charge >= 0.3 is 0 Å². The molecule has 0 saturated carbocycles. The lowest BCUT2D eigenvalue weighted by Crippen LogP contribution is -2.43. The van der Waals surface area contributed by atoms with Gasteiger partial charge in [0, 0.05) is 12.0 Å². The van der Waals surface area contributed by atoms with Gasteiger partial charge in [-0.2, -0.15) is 0 Å². The molecule has 132 valence electrons. The van der Waals surface area contributed by atoms with Crippen LogP contribution in [0.15, 0.2) is 58.3 Å². The van der Waals surface area contributed by atoms with Crippen molar-refractivity contribution in [2.24, 2.45) is 0 Å². The zero-order valence-corrected chi connectivity index (χ0v) is 15.4. The fraction of sp³-hybridized carbons (Fsp3) is 0.400. The Labute approximate surface area is 149 Å². The van der Waals surface area contributed by atoms with E-state index in [1.807, 2.05) is 12.1 Å². The third-order valence-electron chi connectivity index (χ3n) is 5.41. The lowest BCUT2D eigenvalue weighted by atomic mass is 9.89. The zero-order valence-electron chi connectivity index (χ0n) is 14.6. The Morgan fingerprint density at radius 3 is 2.56 bits per heavy atom. The van der Waals surface area contributed by atoms with E-state index in [0.29, 0.717) is 34.4 Å². The smallest absolute Gasteiger partial charge is 0.206 e. The fourth-order valence-corrected chi connectivity index (χ4v) is 5.41. The lowest BCUT2D eigenvalue weighted by Gasteiger charge is -2.35. The highest BCUT2D eigenvalue weighted by atomic mass is 32.2. The molecule has 2 aromatic rings. The summed E-state index contributed by atoms with van der Waals surface area (Å²) in [5, 5.41) is 0. The number of likely N-dealkylation sites (tertiary alicyclic amines) is 1. The number of nitrogens with zero attached hydrogens (tertiary/aromatic N) is 1. The average Bonchev–Trinajstić information content (AvgIpc) is 3.06. The van der Waals surface area contributed by atoms with Gasteiger partial charge in [-0.05, 0) is 56.6 Å². The van der Waals surface area contributed by atoms with Crippen LogP contribution in [0.2, 0.25) is 0 Å². The van der Waals surface area contributed by atoms with Gasteiger partial charge in [-0.3, -0.25) is 4.90 Å². The van der Waals surface area contributed by atoms with E-state index in [1.54, 1.807) is 36.4 Å². The largest absolute Gasteiger partial charge is 0.492 e. The van der Waals surface area contributed by atoms with Gasteiger partial charge in [0.05, 0.1) is 15.8 Å². The van der Waals surface area contributed by atoms with E-state index in [-0.39, 0.29) is 0 Å². The maximum atomic E-state index is 12.8. The van der Waals surface area contributed by atoms with E-state index in [0.717, 1.165) is 24.3 Å². The minimum atomic E-state index is -3.51. The van der Waals surface area contributed by atoms with Gasteiger partial charge in [-0.15, -0.1) is 0 Å². The van der Waals surface area contributed by atoms with Crippen molar-refractivity contribution in [2.75, 3.05) is 13.2 Å². The molecule has 4 nitrogen and oxygen atoms in total. The molecule has 2 atom stereocenters. The molecule has 2 aromatic carbocycles. The first-order valence-electron chi connectivity index (χ1n) is 8.81. The Hall–Kier alpha value is -1.85. The Bertz CT molecular complexity index is 877. The predicted octanol–water partition coefficient (Wildman–Crippen LogP) is 3.48. The van der Waals surface area contributed by atoms with Gasteiger partial charge in [-0.25, -0.2) is 8.42 Å². The summed E-state index contributed by atoms with van der Waals surface area (Å²) in [6.45, 7) is 6.13. The van der Waals surface area contributed by atoms with Gasteiger partial charge < -0.3 is 4.74 Å². The average molecular weight is 357 g/mol. The summed E-state index contributed by atoms with van der Waals surface area (Å²) < 4.78 is 31.6. The van der Waals surface area contributed by atoms with E-state index in [2.05, 4.69) is 18.7 Å². The van der Waals surface area contributed by atoms with Crippen LogP contribution < -0.4 is 4.74 Å². The molecule has 1 fully saturated rings. The molecule has 2 unspecified atom stereocenters. The molecule has 0 radical (unpaired) electrons. The van der Waals surface area contributed by atoms with Crippen LogP contribution in [0.5, 0.6) is 5.75 Å². The van der Waals surface area contributed by atoms with Crippen molar-refractivity contribution in [3.8, 4) is 5.75 Å². The topological polar surface area (TPSA) is 46.6 Å². The van der Waals surface area contributed by atoms with Crippen LogP contribution in [0, 0.1) is 0 Å². The third-order valence-corrected chi connectivity index (χ3v) is 7.18. The fourth-order valence-electron chi connectivity index (χ4n) is 4.12. The van der Waals surface area contributed by atoms with Crippen molar-refractivity contribution < 1.29 is 13.2 Å². The second kappa shape index (κ2) is 6.15. The van der Waals surface area contributed by atoms with Crippen LogP contribution in [0.3, 0.4) is 0 Å². The molecule has 2 heterocycles. The van der Waals surface area contributed by atoms with Crippen LogP contribution in [-0.4, -0.2) is 38.6 Å². The SMILES string of the molecule is CC(C)N1CCC2c3ccc(S(=O)(=O)c4ccccc4)cc3OCC21. The van der Waals surface area contributed by atoms with Crippen molar-refractivity contribution in [1.29, 1.82) is 0 Å². The van der Waals surface area contributed by atoms with Crippen molar-refractivity contribution in [3.63, 3.8) is 0 Å². The molecule has 1 saturated heterocycles. The molecule has 0 spiro atoms. The summed E-state index contributed by atoms with van der Waals surface area (Å²) >= 11 is 0. The number of benzene rings is 2. The highest BCUT2D eigenvalue weighted by Crippen LogP contribution is 2.43. The van der Waals surface area contributed by atoms with E-state index >= 15 is 0 Å². The van der Waals surface area contributed by atoms with Crippen LogP contribution in [-0.2, 0) is 9.84 Å². The van der Waals surface area contributed by atoms with Crippen LogP contribution in [0.1, 0.15) is 31.7 Å². The Kier molecular flexibility index (Phi) is 4.08. The molecular weight excluding hydrogens is 334 g/mol. The molecular formula is C20H23NO3S. The Balaban J connectivity index is 1.69. The molecule has 0 bridgehead atoms. The molecule has 0 amide bonds. The summed E-state index contributed by atoms with van der Waals surface area (Å²) in [6.07, 6.45) is 1.10. The first kappa shape index (κ1) is 16.6. The van der Waals surface area contributed by atoms with Crippen molar-refractivity contribution in [1.82, 2.24) is 4.90 Å². The summed E-state index contributed by atoms with van der Waals surface area (Å²) in [5.74, 6) is 1.16. The molecule has 25 heavy (non-hydrogen) atoms. The minimum absolute atomic E-state index is 0.301. The summed E-state index contributed by atoms with van der Waals surface area (Å²) in [5.41, 5.74) is 1.14. The maximum Gasteiger partial charge on any atom is 0.206 e. The molecule has 4 rings (SSSR count). The van der Waals surface area contributed by atoms with Crippen LogP contribution in [0.4, 0.5) is 0 Å². The quantitative estimate of drug-likeness (QED) is 0.844. The number of sulfone groups is 1. The highest BCUT2D eigenvalue weighted by molar-refractivity contribution is 7.91. The lowest BCUT2D eigenvalue weighted by molar-refractivity contribution is 0.122. The van der Waals surface area contributed by atoms with E-state index < -0.39 is 9.84 Å². The van der Waals surface area contributed by atoms with Gasteiger partial charge in [0.1, 0.15) is 12.4 Å². The molecule has 0 aromatic heterocycles. The Morgan fingerprint density at radius 2 is 1.84 bits per heavy atom. The predicted molar refractivity (Wildman–Crippen MR) is 96.8 cm³/mol. The molecule has 2 aliphatic heterocycles. The monoisotopic (exact) mass is 357 g/mol. The van der Waals surface area contributed by atoms with E-state index in [1.165, 1.54) is 0 Å². The van der Waals surface area contributed by atoms with E-state index in [4.69, 9.17) is 4.74 Å².